The van der Waals surface area contributed by atoms with Gasteiger partial charge in [0.2, 0.25) is 0 Å². The van der Waals surface area contributed by atoms with E-state index in [1.807, 2.05) is 36.4 Å². The van der Waals surface area contributed by atoms with Gasteiger partial charge in [0.25, 0.3) is 0 Å². The molecule has 3 aromatic carbocycles. The molecule has 168 valence electrons. The molecule has 1 aliphatic rings. The van der Waals surface area contributed by atoms with Crippen molar-refractivity contribution in [2.45, 2.75) is 18.5 Å². The molecule has 33 heavy (non-hydrogen) atoms. The van der Waals surface area contributed by atoms with E-state index in [4.69, 9.17) is 16.3 Å². The van der Waals surface area contributed by atoms with Gasteiger partial charge in [0.05, 0.1) is 10.6 Å². The van der Waals surface area contributed by atoms with Crippen LogP contribution < -0.4 is 5.32 Å². The average Bonchev–Trinajstić information content (AvgIpc) is 3.11. The largest absolute Gasteiger partial charge is 0.449 e. The Hall–Kier alpha value is -3.43. The van der Waals surface area contributed by atoms with Gasteiger partial charge < -0.3 is 10.1 Å². The Morgan fingerprint density at radius 1 is 1.00 bits per heavy atom. The maximum atomic E-state index is 12.8. The second kappa shape index (κ2) is 9.60. The average molecular weight is 470 g/mol. The number of carbonyl (C=O) groups excluding carboxylic acids is 1. The number of halogens is 4. The van der Waals surface area contributed by atoms with Crippen LogP contribution in [0, 0.1) is 11.8 Å². The Balaban J connectivity index is 1.30. The monoisotopic (exact) mass is 469 g/mol. The number of nitrogens with one attached hydrogen (secondary N) is 1. The van der Waals surface area contributed by atoms with E-state index in [1.54, 1.807) is 0 Å². The van der Waals surface area contributed by atoms with Crippen LogP contribution in [-0.4, -0.2) is 19.2 Å². The number of amides is 1. The molecule has 0 radical (unpaired) electrons. The minimum Gasteiger partial charge on any atom is -0.449 e. The maximum absolute atomic E-state index is 12.8. The lowest BCUT2D eigenvalue weighted by Crippen LogP contribution is -2.26. The summed E-state index contributed by atoms with van der Waals surface area (Å²) in [4.78, 5) is 12.1. The van der Waals surface area contributed by atoms with E-state index in [-0.39, 0.29) is 36.1 Å². The summed E-state index contributed by atoms with van der Waals surface area (Å²) in [5, 5.41) is 2.75. The summed E-state index contributed by atoms with van der Waals surface area (Å²) < 4.78 is 43.9. The summed E-state index contributed by atoms with van der Waals surface area (Å²) in [6.07, 6.45) is -4.81. The number of alkyl halides is 3. The highest BCUT2D eigenvalue weighted by molar-refractivity contribution is 6.31. The lowest BCUT2D eigenvalue weighted by atomic mass is 9.98. The number of fused-ring (bicyclic) bond motifs is 3. The zero-order chi connectivity index (χ0) is 23.4. The molecule has 3 nitrogen and oxygen atoms in total. The van der Waals surface area contributed by atoms with Crippen LogP contribution in [0.2, 0.25) is 5.02 Å². The number of carbonyl (C=O) groups is 1. The predicted molar refractivity (Wildman–Crippen MR) is 121 cm³/mol. The quantitative estimate of drug-likeness (QED) is 0.343. The summed E-state index contributed by atoms with van der Waals surface area (Å²) in [5.74, 6) is 5.32. The highest BCUT2D eigenvalue weighted by Crippen LogP contribution is 2.44. The van der Waals surface area contributed by atoms with Gasteiger partial charge in [-0.05, 0) is 40.5 Å². The molecule has 0 saturated heterocycles. The van der Waals surface area contributed by atoms with Gasteiger partial charge in [0.1, 0.15) is 6.61 Å². The summed E-state index contributed by atoms with van der Waals surface area (Å²) in [7, 11) is 0. The van der Waals surface area contributed by atoms with Crippen molar-refractivity contribution in [1.82, 2.24) is 5.32 Å². The third kappa shape index (κ3) is 5.15. The van der Waals surface area contributed by atoms with Crippen molar-refractivity contribution in [2.75, 3.05) is 13.2 Å². The molecule has 7 heteroatoms. The van der Waals surface area contributed by atoms with Crippen LogP contribution in [-0.2, 0) is 10.9 Å². The van der Waals surface area contributed by atoms with E-state index in [1.165, 1.54) is 6.07 Å². The van der Waals surface area contributed by atoms with Crippen molar-refractivity contribution < 1.29 is 22.7 Å². The van der Waals surface area contributed by atoms with Crippen molar-refractivity contribution in [3.05, 3.63) is 94.0 Å². The second-order valence-corrected chi connectivity index (χ2v) is 7.90. The van der Waals surface area contributed by atoms with Crippen LogP contribution in [0.1, 0.15) is 34.6 Å². The van der Waals surface area contributed by atoms with Gasteiger partial charge in [-0.3, -0.25) is 0 Å². The molecule has 3 aromatic rings. The van der Waals surface area contributed by atoms with Gasteiger partial charge in [-0.2, -0.15) is 13.2 Å². The standard InChI is InChI=1S/C26H19ClF3NO2/c27-24-13-12-18(26(28,29)30)15-17(24)7-5-6-14-31-25(32)33-16-23-21-10-3-1-8-19(21)20-9-2-4-11-22(20)23/h1-4,8-13,15,23H,6,14,16H2,(H,31,32). The summed E-state index contributed by atoms with van der Waals surface area (Å²) >= 11 is 5.93. The van der Waals surface area contributed by atoms with Crippen molar-refractivity contribution in [3.63, 3.8) is 0 Å². The fourth-order valence-electron chi connectivity index (χ4n) is 3.83. The van der Waals surface area contributed by atoms with Gasteiger partial charge in [-0.25, -0.2) is 4.79 Å². The molecule has 0 unspecified atom stereocenters. The van der Waals surface area contributed by atoms with E-state index < -0.39 is 17.8 Å². The van der Waals surface area contributed by atoms with Crippen molar-refractivity contribution in [3.8, 4) is 23.0 Å². The maximum Gasteiger partial charge on any atom is 0.416 e. The molecule has 0 heterocycles. The third-order valence-electron chi connectivity index (χ3n) is 5.38. The number of hydrogen-bond donors (Lipinski definition) is 1. The normalized spacial score (nSPS) is 12.4. The zero-order valence-corrected chi connectivity index (χ0v) is 18.1. The molecule has 4 rings (SSSR count). The Bertz CT molecular complexity index is 1200. The second-order valence-electron chi connectivity index (χ2n) is 7.50. The van der Waals surface area contributed by atoms with Gasteiger partial charge in [-0.15, -0.1) is 0 Å². The lowest BCUT2D eigenvalue weighted by Gasteiger charge is -2.14. The lowest BCUT2D eigenvalue weighted by molar-refractivity contribution is -0.137. The van der Waals surface area contributed by atoms with Gasteiger partial charge in [-0.1, -0.05) is 72.0 Å². The number of rotatable bonds is 4. The van der Waals surface area contributed by atoms with E-state index in [2.05, 4.69) is 29.3 Å². The summed E-state index contributed by atoms with van der Waals surface area (Å²) in [6.45, 7) is 0.394. The van der Waals surface area contributed by atoms with Crippen LogP contribution >= 0.6 is 11.6 Å². The van der Waals surface area contributed by atoms with Crippen molar-refractivity contribution in [1.29, 1.82) is 0 Å². The van der Waals surface area contributed by atoms with Gasteiger partial charge in [0, 0.05) is 24.4 Å². The molecule has 0 fully saturated rings. The minimum absolute atomic E-state index is 0.0361. The van der Waals surface area contributed by atoms with Crippen LogP contribution in [0.15, 0.2) is 66.7 Å². The molecular formula is C26H19ClF3NO2. The molecule has 1 aliphatic carbocycles. The van der Waals surface area contributed by atoms with Crippen LogP contribution in [0.3, 0.4) is 0 Å². The molecular weight excluding hydrogens is 451 g/mol. The van der Waals surface area contributed by atoms with Crippen LogP contribution in [0.25, 0.3) is 11.1 Å². The molecule has 0 atom stereocenters. The first-order chi connectivity index (χ1) is 15.8. The summed E-state index contributed by atoms with van der Waals surface area (Å²) in [6, 6.07) is 19.1. The highest BCUT2D eigenvalue weighted by Gasteiger charge is 2.31. The van der Waals surface area contributed by atoms with E-state index in [0.29, 0.717) is 0 Å². The Morgan fingerprint density at radius 2 is 1.64 bits per heavy atom. The minimum atomic E-state index is -4.47. The third-order valence-corrected chi connectivity index (χ3v) is 5.71. The number of ether oxygens (including phenoxy) is 1. The summed E-state index contributed by atoms with van der Waals surface area (Å²) in [5.41, 5.74) is 3.81. The first kappa shape index (κ1) is 22.8. The van der Waals surface area contributed by atoms with Crippen LogP contribution in [0.5, 0.6) is 0 Å². The van der Waals surface area contributed by atoms with Crippen molar-refractivity contribution in [2.24, 2.45) is 0 Å². The number of alkyl carbamates (subject to hydrolysis) is 1. The smallest absolute Gasteiger partial charge is 0.416 e. The van der Waals surface area contributed by atoms with Crippen LogP contribution in [0.4, 0.5) is 18.0 Å². The van der Waals surface area contributed by atoms with E-state index >= 15 is 0 Å². The molecule has 0 bridgehead atoms. The first-order valence-electron chi connectivity index (χ1n) is 10.3. The molecule has 0 aromatic heterocycles. The molecule has 0 saturated carbocycles. The molecule has 0 aliphatic heterocycles. The molecule has 1 N–H and O–H groups in total. The highest BCUT2D eigenvalue weighted by atomic mass is 35.5. The zero-order valence-electron chi connectivity index (χ0n) is 17.4. The van der Waals surface area contributed by atoms with Crippen molar-refractivity contribution >= 4 is 17.7 Å². The van der Waals surface area contributed by atoms with E-state index in [9.17, 15) is 18.0 Å². The number of hydrogen-bond acceptors (Lipinski definition) is 2. The Morgan fingerprint density at radius 3 is 2.27 bits per heavy atom. The SMILES string of the molecule is O=C(NCCC#Cc1cc(C(F)(F)F)ccc1Cl)OCC1c2ccccc2-c2ccccc21. The Kier molecular flexibility index (Phi) is 6.62. The molecule has 0 spiro atoms. The van der Waals surface area contributed by atoms with Gasteiger partial charge >= 0.3 is 12.3 Å². The topological polar surface area (TPSA) is 38.3 Å². The first-order valence-corrected chi connectivity index (χ1v) is 10.7. The van der Waals surface area contributed by atoms with Gasteiger partial charge in [0.15, 0.2) is 0 Å². The predicted octanol–water partition coefficient (Wildman–Crippen LogP) is 6.64. The molecule has 1 amide bonds. The van der Waals surface area contributed by atoms with E-state index in [0.717, 1.165) is 34.4 Å². The number of benzene rings is 3. The Labute approximate surface area is 194 Å². The fourth-order valence-corrected chi connectivity index (χ4v) is 4.00. The fraction of sp³-hybridized carbons (Fsp3) is 0.192.